The molecule has 4 heteroatoms. The maximum Gasteiger partial charge on any atom is 0.201 e. The van der Waals surface area contributed by atoms with Crippen LogP contribution in [0.4, 0.5) is 0 Å². The first-order valence-corrected chi connectivity index (χ1v) is 2.73. The van der Waals surface area contributed by atoms with E-state index in [9.17, 15) is 9.59 Å². The fraction of sp³-hybridized carbons (Fsp3) is 0.333. The third kappa shape index (κ3) is 1.33. The van der Waals surface area contributed by atoms with Crippen LogP contribution in [0.15, 0.2) is 11.5 Å². The maximum absolute atomic E-state index is 9.95. The van der Waals surface area contributed by atoms with Crippen molar-refractivity contribution in [3.63, 3.8) is 0 Å². The molecular weight excluding hydrogens is 134 g/mol. The highest BCUT2D eigenvalue weighted by Crippen LogP contribution is 2.03. The van der Waals surface area contributed by atoms with Crippen molar-refractivity contribution in [2.45, 2.75) is 0 Å². The van der Waals surface area contributed by atoms with E-state index in [0.717, 1.165) is 0 Å². The van der Waals surface area contributed by atoms with E-state index in [-0.39, 0.29) is 11.5 Å². The molecule has 0 amide bonds. The molecule has 4 nitrogen and oxygen atoms in total. The third-order valence-electron chi connectivity index (χ3n) is 1.05. The molecule has 0 aromatic carbocycles. The average Bonchev–Trinajstić information content (AvgIpc) is 2.05. The van der Waals surface area contributed by atoms with Gasteiger partial charge in [0.25, 0.3) is 0 Å². The monoisotopic (exact) mass is 139 g/mol. The quantitative estimate of drug-likeness (QED) is 0.439. The predicted octanol–water partition coefficient (Wildman–Crippen LogP) is -0.963. The number of hydrogen-bond donors (Lipinski definition) is 1. The highest BCUT2D eigenvalue weighted by atomic mass is 16.5. The van der Waals surface area contributed by atoms with Crippen LogP contribution in [0.2, 0.25) is 0 Å². The second kappa shape index (κ2) is 2.99. The molecule has 1 heterocycles. The summed E-state index contributed by atoms with van der Waals surface area (Å²) in [5.74, 6) is 3.30. The number of nitrogens with one attached hydrogen (secondary N) is 1. The zero-order valence-electron chi connectivity index (χ0n) is 5.14. The third-order valence-corrected chi connectivity index (χ3v) is 1.05. The molecule has 1 rings (SSSR count). The van der Waals surface area contributed by atoms with Crippen LogP contribution in [0.5, 0.6) is 0 Å². The molecule has 10 heavy (non-hydrogen) atoms. The topological polar surface area (TPSA) is 55.4 Å². The van der Waals surface area contributed by atoms with Crippen LogP contribution in [-0.4, -0.2) is 25.0 Å². The van der Waals surface area contributed by atoms with E-state index in [2.05, 4.69) is 5.32 Å². The highest BCUT2D eigenvalue weighted by Gasteiger charge is 2.11. The number of ether oxygens (including phenoxy) is 1. The van der Waals surface area contributed by atoms with Gasteiger partial charge in [-0.2, -0.15) is 0 Å². The molecule has 0 spiro atoms. The minimum Gasteiger partial charge on any atom is -0.440 e. The summed E-state index contributed by atoms with van der Waals surface area (Å²) in [5, 5.41) is 2.76. The zero-order chi connectivity index (χ0) is 7.40. The molecule has 52 valence electrons. The van der Waals surface area contributed by atoms with E-state index in [1.807, 2.05) is 0 Å². The van der Waals surface area contributed by atoms with Gasteiger partial charge in [-0.3, -0.25) is 0 Å². The van der Waals surface area contributed by atoms with Gasteiger partial charge in [-0.1, -0.05) is 0 Å². The van der Waals surface area contributed by atoms with Gasteiger partial charge in [0.2, 0.25) is 11.5 Å². The molecule has 1 fully saturated rings. The lowest BCUT2D eigenvalue weighted by Gasteiger charge is -2.13. The smallest absolute Gasteiger partial charge is 0.201 e. The van der Waals surface area contributed by atoms with Gasteiger partial charge in [0.05, 0.1) is 13.1 Å². The number of hydrogen-bond acceptors (Lipinski definition) is 4. The SMILES string of the molecule is O=C=C1CNCC(=C=O)O1. The Labute approximate surface area is 57.2 Å². The first kappa shape index (κ1) is 6.78. The fourth-order valence-corrected chi connectivity index (χ4v) is 0.624. The van der Waals surface area contributed by atoms with Crippen LogP contribution in [0, 0.1) is 0 Å². The molecule has 1 saturated heterocycles. The van der Waals surface area contributed by atoms with Crippen molar-refractivity contribution in [1.82, 2.24) is 5.32 Å². The summed E-state index contributed by atoms with van der Waals surface area (Å²) < 4.78 is 4.71. The minimum atomic E-state index is 0.101. The largest absolute Gasteiger partial charge is 0.440 e. The number of rotatable bonds is 0. The van der Waals surface area contributed by atoms with E-state index in [4.69, 9.17) is 4.74 Å². The van der Waals surface area contributed by atoms with Gasteiger partial charge in [-0.05, 0) is 0 Å². The molecular formula is C6H5NO3. The molecule has 0 unspecified atom stereocenters. The summed E-state index contributed by atoms with van der Waals surface area (Å²) in [6.07, 6.45) is 0. The van der Waals surface area contributed by atoms with Crippen molar-refractivity contribution in [2.24, 2.45) is 0 Å². The van der Waals surface area contributed by atoms with Crippen molar-refractivity contribution in [1.29, 1.82) is 0 Å². The lowest BCUT2D eigenvalue weighted by atomic mass is 10.4. The normalized spacial score (nSPS) is 17.2. The maximum atomic E-state index is 9.95. The summed E-state index contributed by atoms with van der Waals surface area (Å²) in [7, 11) is 0. The van der Waals surface area contributed by atoms with Gasteiger partial charge < -0.3 is 10.1 Å². The molecule has 1 aliphatic heterocycles. The predicted molar refractivity (Wildman–Crippen MR) is 32.4 cm³/mol. The van der Waals surface area contributed by atoms with Gasteiger partial charge in [0.1, 0.15) is 0 Å². The van der Waals surface area contributed by atoms with E-state index >= 15 is 0 Å². The second-order valence-corrected chi connectivity index (χ2v) is 1.76. The Kier molecular flexibility index (Phi) is 2.03. The summed E-state index contributed by atoms with van der Waals surface area (Å²) >= 11 is 0. The molecule has 0 aromatic heterocycles. The van der Waals surface area contributed by atoms with Gasteiger partial charge in [-0.25, -0.2) is 9.59 Å². The number of morpholine rings is 1. The fourth-order valence-electron chi connectivity index (χ4n) is 0.624. The summed E-state index contributed by atoms with van der Waals surface area (Å²) in [6, 6.07) is 0. The van der Waals surface area contributed by atoms with E-state index < -0.39 is 0 Å². The van der Waals surface area contributed by atoms with Crippen molar-refractivity contribution >= 4 is 11.9 Å². The standard InChI is InChI=1S/C6H5NO3/c8-3-5-1-7-2-6(4-9)10-5/h7H,1-2H2. The average molecular weight is 139 g/mol. The van der Waals surface area contributed by atoms with Crippen molar-refractivity contribution in [3.8, 4) is 0 Å². The summed E-state index contributed by atoms with van der Waals surface area (Å²) in [4.78, 5) is 19.9. The molecule has 0 bridgehead atoms. The number of carbonyl (C=O) groups excluding carboxylic acids is 2. The lowest BCUT2D eigenvalue weighted by molar-refractivity contribution is 0.260. The Hall–Kier alpha value is -1.34. The molecule has 0 saturated carbocycles. The Morgan fingerprint density at radius 1 is 1.20 bits per heavy atom. The Morgan fingerprint density at radius 2 is 1.70 bits per heavy atom. The van der Waals surface area contributed by atoms with Crippen LogP contribution in [0.3, 0.4) is 0 Å². The van der Waals surface area contributed by atoms with Gasteiger partial charge in [-0.15, -0.1) is 0 Å². The van der Waals surface area contributed by atoms with E-state index in [0.29, 0.717) is 13.1 Å². The van der Waals surface area contributed by atoms with Crippen LogP contribution >= 0.6 is 0 Å². The first-order chi connectivity index (χ1) is 4.86. The molecule has 0 aromatic rings. The molecule has 0 atom stereocenters. The minimum absolute atomic E-state index is 0.101. The lowest BCUT2D eigenvalue weighted by Crippen LogP contribution is -2.28. The van der Waals surface area contributed by atoms with Crippen molar-refractivity contribution in [3.05, 3.63) is 11.5 Å². The van der Waals surface area contributed by atoms with E-state index in [1.54, 1.807) is 11.9 Å². The van der Waals surface area contributed by atoms with Crippen molar-refractivity contribution in [2.75, 3.05) is 13.1 Å². The molecule has 1 aliphatic rings. The molecule has 0 aliphatic carbocycles. The summed E-state index contributed by atoms with van der Waals surface area (Å²) in [6.45, 7) is 0.656. The van der Waals surface area contributed by atoms with Crippen LogP contribution in [-0.2, 0) is 14.3 Å². The van der Waals surface area contributed by atoms with Crippen molar-refractivity contribution < 1.29 is 14.3 Å². The van der Waals surface area contributed by atoms with Crippen LogP contribution in [0.25, 0.3) is 0 Å². The summed E-state index contributed by atoms with van der Waals surface area (Å²) in [5.41, 5.74) is 0. The Bertz CT molecular complexity index is 209. The first-order valence-electron chi connectivity index (χ1n) is 2.73. The van der Waals surface area contributed by atoms with Gasteiger partial charge in [0, 0.05) is 0 Å². The van der Waals surface area contributed by atoms with Crippen LogP contribution < -0.4 is 5.32 Å². The Morgan fingerprint density at radius 3 is 2.10 bits per heavy atom. The highest BCUT2D eigenvalue weighted by molar-refractivity contribution is 5.55. The zero-order valence-corrected chi connectivity index (χ0v) is 5.14. The Balaban J connectivity index is 2.74. The van der Waals surface area contributed by atoms with E-state index in [1.165, 1.54) is 0 Å². The van der Waals surface area contributed by atoms with Crippen LogP contribution in [0.1, 0.15) is 0 Å². The molecule has 1 N–H and O–H groups in total. The second-order valence-electron chi connectivity index (χ2n) is 1.76. The van der Waals surface area contributed by atoms with Gasteiger partial charge in [0.15, 0.2) is 11.9 Å². The van der Waals surface area contributed by atoms with Gasteiger partial charge >= 0.3 is 0 Å². The molecule has 0 radical (unpaired) electrons.